The molecule has 0 bridgehead atoms. The highest BCUT2D eigenvalue weighted by atomic mass is 32.1. The molecule has 1 atom stereocenters. The van der Waals surface area contributed by atoms with Gasteiger partial charge in [0.1, 0.15) is 17.4 Å². The molecule has 0 aromatic carbocycles. The van der Waals surface area contributed by atoms with Crippen molar-refractivity contribution in [3.8, 4) is 6.07 Å². The molecule has 1 unspecified atom stereocenters. The van der Waals surface area contributed by atoms with Crippen LogP contribution in [0.3, 0.4) is 0 Å². The lowest BCUT2D eigenvalue weighted by atomic mass is 9.87. The zero-order chi connectivity index (χ0) is 15.6. The number of rotatable bonds is 3. The van der Waals surface area contributed by atoms with Crippen molar-refractivity contribution in [2.75, 3.05) is 0 Å². The average Bonchev–Trinajstić information content (AvgIpc) is 2.90. The maximum atomic E-state index is 12.4. The fourth-order valence-corrected chi connectivity index (χ4v) is 3.01. The summed E-state index contributed by atoms with van der Waals surface area (Å²) in [5.74, 6) is -0.610. The molecule has 110 valence electrons. The second-order valence-corrected chi connectivity index (χ2v) is 5.84. The highest BCUT2D eigenvalue weighted by Crippen LogP contribution is 2.41. The summed E-state index contributed by atoms with van der Waals surface area (Å²) in [6.07, 6.45) is -0.254. The fraction of sp³-hybridized carbons (Fsp3) is 0.333. The monoisotopic (exact) mass is 304 g/mol. The second-order valence-electron chi connectivity index (χ2n) is 4.86. The van der Waals surface area contributed by atoms with Crippen LogP contribution in [0.1, 0.15) is 31.6 Å². The van der Waals surface area contributed by atoms with Gasteiger partial charge in [-0.2, -0.15) is 5.26 Å². The van der Waals surface area contributed by atoms with Crippen molar-refractivity contribution in [1.29, 1.82) is 5.26 Å². The summed E-state index contributed by atoms with van der Waals surface area (Å²) in [6, 6.07) is 5.77. The molecule has 0 fully saturated rings. The molecule has 2 rings (SSSR count). The van der Waals surface area contributed by atoms with Gasteiger partial charge in [0.2, 0.25) is 5.88 Å². The van der Waals surface area contributed by atoms with E-state index in [-0.39, 0.29) is 17.6 Å². The molecule has 5 nitrogen and oxygen atoms in total. The van der Waals surface area contributed by atoms with Gasteiger partial charge in [0.25, 0.3) is 0 Å². The molecule has 1 aromatic heterocycles. The number of nitriles is 1. The third-order valence-corrected chi connectivity index (χ3v) is 3.93. The third kappa shape index (κ3) is 2.93. The molecule has 1 aromatic rings. The van der Waals surface area contributed by atoms with Crippen molar-refractivity contribution in [2.24, 2.45) is 5.73 Å². The van der Waals surface area contributed by atoms with Gasteiger partial charge in [-0.05, 0) is 32.2 Å². The van der Waals surface area contributed by atoms with E-state index in [1.54, 1.807) is 20.8 Å². The van der Waals surface area contributed by atoms with Crippen LogP contribution in [0.5, 0.6) is 0 Å². The van der Waals surface area contributed by atoms with Crippen LogP contribution in [0, 0.1) is 11.3 Å². The molecular formula is C15H16N2O3S. The molecule has 0 saturated carbocycles. The zero-order valence-corrected chi connectivity index (χ0v) is 12.9. The van der Waals surface area contributed by atoms with E-state index in [0.717, 1.165) is 4.88 Å². The van der Waals surface area contributed by atoms with Crippen molar-refractivity contribution in [3.05, 3.63) is 45.2 Å². The number of allylic oxidation sites excluding steroid dienone is 2. The van der Waals surface area contributed by atoms with Crippen LogP contribution >= 0.6 is 11.3 Å². The third-order valence-electron chi connectivity index (χ3n) is 3.00. The first kappa shape index (κ1) is 15.1. The molecule has 2 heterocycles. The number of hydrogen-bond acceptors (Lipinski definition) is 6. The molecule has 2 N–H and O–H groups in total. The number of esters is 1. The number of carbonyl (C=O) groups excluding carboxylic acids is 1. The number of nitrogens with zero attached hydrogens (tertiary/aromatic N) is 1. The summed E-state index contributed by atoms with van der Waals surface area (Å²) >= 11 is 1.45. The van der Waals surface area contributed by atoms with Gasteiger partial charge in [0.05, 0.1) is 17.6 Å². The first-order valence-corrected chi connectivity index (χ1v) is 7.36. The van der Waals surface area contributed by atoms with Gasteiger partial charge in [0.15, 0.2) is 0 Å². The summed E-state index contributed by atoms with van der Waals surface area (Å²) in [4.78, 5) is 13.2. The Morgan fingerprint density at radius 2 is 2.29 bits per heavy atom. The first-order valence-electron chi connectivity index (χ1n) is 6.48. The molecular weight excluding hydrogens is 288 g/mol. The van der Waals surface area contributed by atoms with E-state index in [9.17, 15) is 10.1 Å². The first-order chi connectivity index (χ1) is 9.95. The van der Waals surface area contributed by atoms with Gasteiger partial charge in [0, 0.05) is 4.88 Å². The summed E-state index contributed by atoms with van der Waals surface area (Å²) in [7, 11) is 0. The van der Waals surface area contributed by atoms with Gasteiger partial charge in [-0.15, -0.1) is 11.3 Å². The predicted octanol–water partition coefficient (Wildman–Crippen LogP) is 2.78. The standard InChI is InChI=1S/C15H16N2O3S/c1-8(2)19-15(18)12-9(3)20-14(17)10(7-16)13(12)11-5-4-6-21-11/h4-6,8,13H,17H2,1-3H3. The van der Waals surface area contributed by atoms with Crippen LogP contribution < -0.4 is 5.73 Å². The molecule has 1 aliphatic rings. The minimum atomic E-state index is -0.532. The highest BCUT2D eigenvalue weighted by Gasteiger charge is 2.37. The maximum Gasteiger partial charge on any atom is 0.338 e. The van der Waals surface area contributed by atoms with Crippen molar-refractivity contribution in [2.45, 2.75) is 32.8 Å². The zero-order valence-electron chi connectivity index (χ0n) is 12.0. The van der Waals surface area contributed by atoms with Crippen LogP contribution in [0.2, 0.25) is 0 Å². The second kappa shape index (κ2) is 6.02. The topological polar surface area (TPSA) is 85.3 Å². The van der Waals surface area contributed by atoms with E-state index in [1.165, 1.54) is 11.3 Å². The van der Waals surface area contributed by atoms with Crippen LogP contribution in [-0.4, -0.2) is 12.1 Å². The van der Waals surface area contributed by atoms with Crippen LogP contribution in [-0.2, 0) is 14.3 Å². The number of nitrogens with two attached hydrogens (primary N) is 1. The Bertz CT molecular complexity index is 651. The fourth-order valence-electron chi connectivity index (χ4n) is 2.16. The Hall–Kier alpha value is -2.26. The van der Waals surface area contributed by atoms with E-state index in [0.29, 0.717) is 11.3 Å². The molecule has 6 heteroatoms. The minimum absolute atomic E-state index is 0.0366. The maximum absolute atomic E-state index is 12.4. The van der Waals surface area contributed by atoms with Crippen LogP contribution in [0.15, 0.2) is 40.3 Å². The summed E-state index contributed by atoms with van der Waals surface area (Å²) in [6.45, 7) is 5.19. The van der Waals surface area contributed by atoms with Gasteiger partial charge in [-0.25, -0.2) is 4.79 Å². The van der Waals surface area contributed by atoms with Gasteiger partial charge >= 0.3 is 5.97 Å². The van der Waals surface area contributed by atoms with Crippen molar-refractivity contribution >= 4 is 17.3 Å². The summed E-state index contributed by atoms with van der Waals surface area (Å²) < 4.78 is 10.6. The smallest absolute Gasteiger partial charge is 0.338 e. The van der Waals surface area contributed by atoms with Gasteiger partial charge < -0.3 is 15.2 Å². The lowest BCUT2D eigenvalue weighted by molar-refractivity contribution is -0.143. The molecule has 0 radical (unpaired) electrons. The minimum Gasteiger partial charge on any atom is -0.459 e. The quantitative estimate of drug-likeness (QED) is 0.868. The normalized spacial score (nSPS) is 18.5. The summed E-state index contributed by atoms with van der Waals surface area (Å²) in [5, 5.41) is 11.2. The lowest BCUT2D eigenvalue weighted by Gasteiger charge is -2.26. The largest absolute Gasteiger partial charge is 0.459 e. The Morgan fingerprint density at radius 3 is 2.81 bits per heavy atom. The molecule has 0 saturated heterocycles. The SMILES string of the molecule is CC1=C(C(=O)OC(C)C)C(c2cccs2)C(C#N)=C(N)O1. The highest BCUT2D eigenvalue weighted by molar-refractivity contribution is 7.10. The Labute approximate surface area is 127 Å². The number of carbonyl (C=O) groups is 1. The van der Waals surface area contributed by atoms with E-state index in [1.807, 2.05) is 23.6 Å². The number of thiophene rings is 1. The Kier molecular flexibility index (Phi) is 4.34. The lowest BCUT2D eigenvalue weighted by Crippen LogP contribution is -2.26. The average molecular weight is 304 g/mol. The van der Waals surface area contributed by atoms with Crippen LogP contribution in [0.4, 0.5) is 0 Å². The molecule has 0 spiro atoms. The Balaban J connectivity index is 2.52. The van der Waals surface area contributed by atoms with E-state index in [4.69, 9.17) is 15.2 Å². The Morgan fingerprint density at radius 1 is 1.57 bits per heavy atom. The van der Waals surface area contributed by atoms with Gasteiger partial charge in [-0.1, -0.05) is 6.07 Å². The van der Waals surface area contributed by atoms with Crippen molar-refractivity contribution in [3.63, 3.8) is 0 Å². The summed E-state index contributed by atoms with van der Waals surface area (Å²) in [5.41, 5.74) is 6.36. The van der Waals surface area contributed by atoms with Crippen LogP contribution in [0.25, 0.3) is 0 Å². The van der Waals surface area contributed by atoms with E-state index < -0.39 is 11.9 Å². The van der Waals surface area contributed by atoms with Crippen molar-refractivity contribution < 1.29 is 14.3 Å². The molecule has 21 heavy (non-hydrogen) atoms. The molecule has 1 aliphatic heterocycles. The van der Waals surface area contributed by atoms with E-state index >= 15 is 0 Å². The molecule has 0 amide bonds. The molecule has 0 aliphatic carbocycles. The van der Waals surface area contributed by atoms with Gasteiger partial charge in [-0.3, -0.25) is 0 Å². The number of ether oxygens (including phenoxy) is 2. The van der Waals surface area contributed by atoms with E-state index in [2.05, 4.69) is 0 Å². The van der Waals surface area contributed by atoms with Crippen molar-refractivity contribution in [1.82, 2.24) is 0 Å². The predicted molar refractivity (Wildman–Crippen MR) is 78.9 cm³/mol. The number of hydrogen-bond donors (Lipinski definition) is 1.